The van der Waals surface area contributed by atoms with Crippen molar-refractivity contribution in [2.45, 2.75) is 44.3 Å². The highest BCUT2D eigenvalue weighted by atomic mass is 19.4. The van der Waals surface area contributed by atoms with Gasteiger partial charge in [0.2, 0.25) is 5.82 Å². The van der Waals surface area contributed by atoms with Gasteiger partial charge in [0, 0.05) is 23.1 Å². The van der Waals surface area contributed by atoms with E-state index in [4.69, 9.17) is 10.5 Å². The first-order chi connectivity index (χ1) is 16.6. The number of nitrogens with two attached hydrogens (primary N) is 1. The van der Waals surface area contributed by atoms with Crippen LogP contribution >= 0.6 is 0 Å². The molecule has 2 amide bonds. The number of anilines is 1. The van der Waals surface area contributed by atoms with Gasteiger partial charge in [0.25, 0.3) is 11.8 Å². The molecule has 196 valence electrons. The average molecular weight is 526 g/mol. The van der Waals surface area contributed by atoms with Gasteiger partial charge < -0.3 is 20.5 Å². The lowest BCUT2D eigenvalue weighted by atomic mass is 9.77. The van der Waals surface area contributed by atoms with Gasteiger partial charge in [-0.2, -0.15) is 26.3 Å². The van der Waals surface area contributed by atoms with Crippen molar-refractivity contribution in [2.24, 2.45) is 11.7 Å². The molecule has 4 atom stereocenters. The SMILES string of the molecule is C[C@H]1[C@@H](c2ccc(F)c(F)c2OC(F)F)C(C(=O)Nc2ccc(F)c(C(N)=O)c2)O[C@@]1(C)C(F)(F)F. The zero-order valence-corrected chi connectivity index (χ0v) is 18.4. The van der Waals surface area contributed by atoms with Crippen molar-refractivity contribution in [3.05, 3.63) is 58.9 Å². The van der Waals surface area contributed by atoms with Crippen molar-refractivity contribution < 1.29 is 54.2 Å². The van der Waals surface area contributed by atoms with Gasteiger partial charge in [-0.1, -0.05) is 13.0 Å². The van der Waals surface area contributed by atoms with Crippen molar-refractivity contribution >= 4 is 17.5 Å². The van der Waals surface area contributed by atoms with Crippen LogP contribution in [0.3, 0.4) is 0 Å². The van der Waals surface area contributed by atoms with Crippen LogP contribution in [0.25, 0.3) is 0 Å². The molecule has 6 nitrogen and oxygen atoms in total. The number of ether oxygens (including phenoxy) is 2. The number of primary amides is 1. The van der Waals surface area contributed by atoms with Crippen LogP contribution in [0, 0.1) is 23.4 Å². The summed E-state index contributed by atoms with van der Waals surface area (Å²) in [6.07, 6.45) is -7.18. The summed E-state index contributed by atoms with van der Waals surface area (Å²) in [5, 5.41) is 2.14. The predicted molar refractivity (Wildman–Crippen MR) is 108 cm³/mol. The van der Waals surface area contributed by atoms with E-state index >= 15 is 0 Å². The largest absolute Gasteiger partial charge is 0.431 e. The maximum Gasteiger partial charge on any atom is 0.417 e. The van der Waals surface area contributed by atoms with Crippen molar-refractivity contribution in [2.75, 3.05) is 5.32 Å². The zero-order valence-electron chi connectivity index (χ0n) is 18.4. The fourth-order valence-electron chi connectivity index (χ4n) is 4.05. The molecule has 1 saturated heterocycles. The molecule has 1 heterocycles. The molecule has 0 aliphatic carbocycles. The van der Waals surface area contributed by atoms with Gasteiger partial charge in [-0.05, 0) is 31.2 Å². The van der Waals surface area contributed by atoms with Crippen LogP contribution in [0.1, 0.15) is 35.7 Å². The molecule has 14 heteroatoms. The Balaban J connectivity index is 2.11. The predicted octanol–water partition coefficient (Wildman–Crippen LogP) is 4.88. The number of alkyl halides is 5. The number of benzene rings is 2. The van der Waals surface area contributed by atoms with Crippen molar-refractivity contribution in [1.82, 2.24) is 0 Å². The lowest BCUT2D eigenvalue weighted by molar-refractivity contribution is -0.272. The molecule has 1 unspecified atom stereocenters. The van der Waals surface area contributed by atoms with Crippen LogP contribution in [0.15, 0.2) is 30.3 Å². The third-order valence-corrected chi connectivity index (χ3v) is 6.07. The van der Waals surface area contributed by atoms with Gasteiger partial charge in [0.1, 0.15) is 11.9 Å². The standard InChI is InChI=1S/C22H18F8N2O4/c1-8-14(10-4-6-13(24)15(25)16(10)35-20(26)27)17(36-21(8,2)22(28,29)30)19(34)32-9-3-5-12(23)11(7-9)18(31)33/h3-8,14,17,20H,1-2H3,(H2,31,33)(H,32,34)/t8-,14-,17?,21+/m0/s1. The minimum absolute atomic E-state index is 0.264. The first kappa shape index (κ1) is 27.2. The van der Waals surface area contributed by atoms with Crippen molar-refractivity contribution in [1.29, 1.82) is 0 Å². The molecule has 1 aliphatic rings. The number of amides is 2. The van der Waals surface area contributed by atoms with Gasteiger partial charge in [0.15, 0.2) is 17.2 Å². The number of nitrogens with one attached hydrogen (secondary N) is 1. The monoisotopic (exact) mass is 526 g/mol. The lowest BCUT2D eigenvalue weighted by Gasteiger charge is -2.32. The molecular weight excluding hydrogens is 508 g/mol. The van der Waals surface area contributed by atoms with Crippen LogP contribution in [-0.4, -0.2) is 36.3 Å². The topological polar surface area (TPSA) is 90.6 Å². The highest BCUT2D eigenvalue weighted by Crippen LogP contribution is 2.55. The van der Waals surface area contributed by atoms with E-state index in [9.17, 15) is 44.7 Å². The van der Waals surface area contributed by atoms with Crippen molar-refractivity contribution in [3.8, 4) is 5.75 Å². The third-order valence-electron chi connectivity index (χ3n) is 6.07. The van der Waals surface area contributed by atoms with Crippen molar-refractivity contribution in [3.63, 3.8) is 0 Å². The Morgan fingerprint density at radius 1 is 1.11 bits per heavy atom. The fourth-order valence-corrected chi connectivity index (χ4v) is 4.05. The number of carbonyl (C=O) groups is 2. The van der Waals surface area contributed by atoms with E-state index in [-0.39, 0.29) is 5.69 Å². The molecule has 0 saturated carbocycles. The molecule has 0 spiro atoms. The van der Waals surface area contributed by atoms with Gasteiger partial charge in [-0.15, -0.1) is 0 Å². The molecule has 2 aromatic carbocycles. The number of halogens is 8. The minimum atomic E-state index is -5.09. The Kier molecular flexibility index (Phi) is 7.22. The number of hydrogen-bond donors (Lipinski definition) is 2. The van der Waals surface area contributed by atoms with Crippen LogP contribution in [0.4, 0.5) is 40.8 Å². The summed E-state index contributed by atoms with van der Waals surface area (Å²) >= 11 is 0. The molecular formula is C22H18F8N2O4. The normalized spacial score (nSPS) is 24.1. The number of carbonyl (C=O) groups excluding carboxylic acids is 2. The van der Waals surface area contributed by atoms with E-state index in [2.05, 4.69) is 10.1 Å². The van der Waals surface area contributed by atoms with E-state index in [0.717, 1.165) is 25.1 Å². The van der Waals surface area contributed by atoms with Crippen LogP contribution in [-0.2, 0) is 9.53 Å². The molecule has 0 bridgehead atoms. The van der Waals surface area contributed by atoms with E-state index in [1.54, 1.807) is 0 Å². The summed E-state index contributed by atoms with van der Waals surface area (Å²) in [5.41, 5.74) is 0.424. The van der Waals surface area contributed by atoms with E-state index < -0.39 is 82.5 Å². The second-order valence-corrected chi connectivity index (χ2v) is 8.16. The summed E-state index contributed by atoms with van der Waals surface area (Å²) < 4.78 is 119. The molecule has 36 heavy (non-hydrogen) atoms. The smallest absolute Gasteiger partial charge is 0.417 e. The summed E-state index contributed by atoms with van der Waals surface area (Å²) in [4.78, 5) is 24.4. The Labute approximate surface area is 198 Å². The molecule has 0 radical (unpaired) electrons. The second kappa shape index (κ2) is 9.56. The summed E-state index contributed by atoms with van der Waals surface area (Å²) in [7, 11) is 0. The van der Waals surface area contributed by atoms with Crippen LogP contribution < -0.4 is 15.8 Å². The van der Waals surface area contributed by atoms with Crippen LogP contribution in [0.5, 0.6) is 5.75 Å². The van der Waals surface area contributed by atoms with E-state index in [1.165, 1.54) is 0 Å². The Hall–Kier alpha value is -3.42. The molecule has 3 N–H and O–H groups in total. The Morgan fingerprint density at radius 3 is 2.28 bits per heavy atom. The van der Waals surface area contributed by atoms with Gasteiger partial charge in [-0.3, -0.25) is 9.59 Å². The maximum absolute atomic E-state index is 14.4. The highest BCUT2D eigenvalue weighted by Gasteiger charge is 2.66. The first-order valence-corrected chi connectivity index (χ1v) is 10.2. The number of rotatable bonds is 6. The van der Waals surface area contributed by atoms with Gasteiger partial charge in [0.05, 0.1) is 5.56 Å². The van der Waals surface area contributed by atoms with Crippen LogP contribution in [0.2, 0.25) is 0 Å². The first-order valence-electron chi connectivity index (χ1n) is 10.2. The molecule has 1 aliphatic heterocycles. The fraction of sp³-hybridized carbons (Fsp3) is 0.364. The molecule has 0 aromatic heterocycles. The average Bonchev–Trinajstić information content (AvgIpc) is 3.04. The molecule has 3 rings (SSSR count). The lowest BCUT2D eigenvalue weighted by Crippen LogP contribution is -2.47. The summed E-state index contributed by atoms with van der Waals surface area (Å²) in [6.45, 7) is -2.08. The summed E-state index contributed by atoms with van der Waals surface area (Å²) in [6, 6.07) is 3.74. The Morgan fingerprint density at radius 2 is 1.72 bits per heavy atom. The second-order valence-electron chi connectivity index (χ2n) is 8.16. The van der Waals surface area contributed by atoms with E-state index in [1.807, 2.05) is 0 Å². The molecule has 2 aromatic rings. The zero-order chi connectivity index (χ0) is 27.2. The summed E-state index contributed by atoms with van der Waals surface area (Å²) in [5.74, 6) is -11.9. The van der Waals surface area contributed by atoms with Gasteiger partial charge in [-0.25, -0.2) is 8.78 Å². The Bertz CT molecular complexity index is 1190. The quantitative estimate of drug-likeness (QED) is 0.525. The molecule has 1 fully saturated rings. The maximum atomic E-state index is 14.4. The van der Waals surface area contributed by atoms with Gasteiger partial charge >= 0.3 is 12.8 Å². The minimum Gasteiger partial charge on any atom is -0.431 e. The van der Waals surface area contributed by atoms with E-state index in [0.29, 0.717) is 19.1 Å². The highest BCUT2D eigenvalue weighted by molar-refractivity contribution is 5.98. The third kappa shape index (κ3) is 4.81. The number of hydrogen-bond acceptors (Lipinski definition) is 4.